The van der Waals surface area contributed by atoms with Crippen molar-refractivity contribution in [2.75, 3.05) is 0 Å². The van der Waals surface area contributed by atoms with Gasteiger partial charge in [0.1, 0.15) is 0 Å². The van der Waals surface area contributed by atoms with Gasteiger partial charge >= 0.3 is 0 Å². The molecule has 32 heavy (non-hydrogen) atoms. The molecule has 0 N–H and O–H groups in total. The number of aromatic nitrogens is 1. The third-order valence-corrected chi connectivity index (χ3v) is 6.36. The predicted octanol–water partition coefficient (Wildman–Crippen LogP) is 8.43. The van der Waals surface area contributed by atoms with E-state index in [2.05, 4.69) is 133 Å². The molecule has 0 unspecified atom stereocenters. The quantitative estimate of drug-likeness (QED) is 0.276. The van der Waals surface area contributed by atoms with Gasteiger partial charge in [-0.25, -0.2) is 0 Å². The molecular weight excluding hydrogens is 386 g/mol. The standard InChI is InChI=1S/C31H23N/c1-22-9-5-6-12-27(22)24-17-15-23(16-18-24)25-19-20-29-28-13-7-8-14-30(28)32(31(29)21-25)26-10-3-2-4-11-26/h2-21H,1H3. The van der Waals surface area contributed by atoms with Gasteiger partial charge in [0.15, 0.2) is 0 Å². The first kappa shape index (κ1) is 18.7. The highest BCUT2D eigenvalue weighted by Crippen LogP contribution is 2.35. The van der Waals surface area contributed by atoms with Crippen molar-refractivity contribution in [1.29, 1.82) is 0 Å². The Bertz CT molecular complexity index is 1550. The average molecular weight is 410 g/mol. The average Bonchev–Trinajstić information content (AvgIpc) is 3.19. The molecule has 0 bridgehead atoms. The van der Waals surface area contributed by atoms with E-state index in [9.17, 15) is 0 Å². The van der Waals surface area contributed by atoms with Crippen molar-refractivity contribution in [2.24, 2.45) is 0 Å². The first-order chi connectivity index (χ1) is 15.8. The highest BCUT2D eigenvalue weighted by Gasteiger charge is 2.13. The largest absolute Gasteiger partial charge is 0.309 e. The van der Waals surface area contributed by atoms with Crippen LogP contribution in [-0.2, 0) is 0 Å². The molecule has 0 amide bonds. The van der Waals surface area contributed by atoms with Crippen molar-refractivity contribution in [3.05, 3.63) is 127 Å². The van der Waals surface area contributed by atoms with E-state index in [1.807, 2.05) is 0 Å². The van der Waals surface area contributed by atoms with Crippen molar-refractivity contribution in [3.63, 3.8) is 0 Å². The van der Waals surface area contributed by atoms with E-state index < -0.39 is 0 Å². The first-order valence-corrected chi connectivity index (χ1v) is 11.0. The van der Waals surface area contributed by atoms with Crippen molar-refractivity contribution in [1.82, 2.24) is 4.57 Å². The molecule has 1 aromatic heterocycles. The molecule has 0 atom stereocenters. The van der Waals surface area contributed by atoms with Gasteiger partial charge in [-0.05, 0) is 59.0 Å². The number of rotatable bonds is 3. The lowest BCUT2D eigenvalue weighted by Crippen LogP contribution is -1.93. The second-order valence-corrected chi connectivity index (χ2v) is 8.31. The minimum Gasteiger partial charge on any atom is -0.309 e. The summed E-state index contributed by atoms with van der Waals surface area (Å²) in [6, 6.07) is 43.6. The SMILES string of the molecule is Cc1ccccc1-c1ccc(-c2ccc3c4ccccc4n(-c4ccccc4)c3c2)cc1. The number of aryl methyl sites for hydroxylation is 1. The summed E-state index contributed by atoms with van der Waals surface area (Å²) >= 11 is 0. The summed E-state index contributed by atoms with van der Waals surface area (Å²) in [6.07, 6.45) is 0. The third kappa shape index (κ3) is 3.02. The molecule has 1 nitrogen and oxygen atoms in total. The van der Waals surface area contributed by atoms with Gasteiger partial charge in [0.05, 0.1) is 11.0 Å². The molecule has 0 aliphatic heterocycles. The van der Waals surface area contributed by atoms with Crippen LogP contribution in [-0.4, -0.2) is 4.57 Å². The van der Waals surface area contributed by atoms with E-state index in [0.29, 0.717) is 0 Å². The fourth-order valence-electron chi connectivity index (χ4n) is 4.74. The third-order valence-electron chi connectivity index (χ3n) is 6.36. The van der Waals surface area contributed by atoms with E-state index in [-0.39, 0.29) is 0 Å². The molecule has 0 saturated heterocycles. The Hall–Kier alpha value is -4.10. The van der Waals surface area contributed by atoms with Crippen LogP contribution < -0.4 is 0 Å². The fourth-order valence-corrected chi connectivity index (χ4v) is 4.74. The Labute approximate surface area is 188 Å². The molecule has 152 valence electrons. The fraction of sp³-hybridized carbons (Fsp3) is 0.0323. The smallest absolute Gasteiger partial charge is 0.0547 e. The van der Waals surface area contributed by atoms with E-state index in [1.54, 1.807) is 0 Å². The van der Waals surface area contributed by atoms with Crippen LogP contribution in [0.2, 0.25) is 0 Å². The number of hydrogen-bond donors (Lipinski definition) is 0. The van der Waals surface area contributed by atoms with E-state index in [4.69, 9.17) is 0 Å². The number of para-hydroxylation sites is 2. The maximum absolute atomic E-state index is 2.37. The Kier molecular flexibility index (Phi) is 4.40. The molecule has 0 aliphatic rings. The van der Waals surface area contributed by atoms with Crippen molar-refractivity contribution < 1.29 is 0 Å². The van der Waals surface area contributed by atoms with Gasteiger partial charge in [-0.2, -0.15) is 0 Å². The normalized spacial score (nSPS) is 11.3. The second kappa shape index (κ2) is 7.55. The zero-order valence-electron chi connectivity index (χ0n) is 18.0. The summed E-state index contributed by atoms with van der Waals surface area (Å²) < 4.78 is 2.37. The van der Waals surface area contributed by atoms with Crippen LogP contribution in [0.1, 0.15) is 5.56 Å². The molecule has 6 aromatic rings. The van der Waals surface area contributed by atoms with Crippen LogP contribution in [0.3, 0.4) is 0 Å². The Morgan fingerprint density at radius 3 is 1.91 bits per heavy atom. The molecule has 0 saturated carbocycles. The lowest BCUT2D eigenvalue weighted by atomic mass is 9.97. The van der Waals surface area contributed by atoms with Gasteiger partial charge in [-0.3, -0.25) is 0 Å². The van der Waals surface area contributed by atoms with Crippen LogP contribution in [0, 0.1) is 6.92 Å². The zero-order chi connectivity index (χ0) is 21.5. The number of fused-ring (bicyclic) bond motifs is 3. The minimum atomic E-state index is 1.19. The molecule has 0 spiro atoms. The van der Waals surface area contributed by atoms with Crippen LogP contribution in [0.25, 0.3) is 49.7 Å². The number of nitrogens with zero attached hydrogens (tertiary/aromatic N) is 1. The molecule has 1 heterocycles. The second-order valence-electron chi connectivity index (χ2n) is 8.31. The Balaban J connectivity index is 1.51. The molecule has 1 heteroatoms. The summed E-state index contributed by atoms with van der Waals surface area (Å²) in [7, 11) is 0. The minimum absolute atomic E-state index is 1.19. The van der Waals surface area contributed by atoms with Gasteiger partial charge in [0.2, 0.25) is 0 Å². The van der Waals surface area contributed by atoms with Crippen LogP contribution in [0.5, 0.6) is 0 Å². The van der Waals surface area contributed by atoms with E-state index in [0.717, 1.165) is 0 Å². The summed E-state index contributed by atoms with van der Waals surface area (Å²) in [5.74, 6) is 0. The first-order valence-electron chi connectivity index (χ1n) is 11.0. The van der Waals surface area contributed by atoms with Crippen LogP contribution >= 0.6 is 0 Å². The Morgan fingerprint density at radius 1 is 0.469 bits per heavy atom. The summed E-state index contributed by atoms with van der Waals surface area (Å²) in [5, 5.41) is 2.57. The number of hydrogen-bond acceptors (Lipinski definition) is 0. The monoisotopic (exact) mass is 409 g/mol. The highest BCUT2D eigenvalue weighted by atomic mass is 15.0. The molecule has 5 aromatic carbocycles. The lowest BCUT2D eigenvalue weighted by molar-refractivity contribution is 1.18. The molecule has 0 aliphatic carbocycles. The summed E-state index contributed by atoms with van der Waals surface area (Å²) in [6.45, 7) is 2.17. The summed E-state index contributed by atoms with van der Waals surface area (Å²) in [5.41, 5.74) is 9.96. The van der Waals surface area contributed by atoms with Crippen molar-refractivity contribution >= 4 is 21.8 Å². The molecule has 0 radical (unpaired) electrons. The van der Waals surface area contributed by atoms with Crippen molar-refractivity contribution in [2.45, 2.75) is 6.92 Å². The maximum atomic E-state index is 2.37. The molecule has 6 rings (SSSR count). The van der Waals surface area contributed by atoms with Crippen molar-refractivity contribution in [3.8, 4) is 27.9 Å². The van der Waals surface area contributed by atoms with Gasteiger partial charge in [-0.1, -0.05) is 97.1 Å². The zero-order valence-corrected chi connectivity index (χ0v) is 18.0. The van der Waals surface area contributed by atoms with Crippen LogP contribution in [0.4, 0.5) is 0 Å². The van der Waals surface area contributed by atoms with E-state index >= 15 is 0 Å². The Morgan fingerprint density at radius 2 is 1.09 bits per heavy atom. The molecule has 0 fully saturated rings. The lowest BCUT2D eigenvalue weighted by Gasteiger charge is -2.10. The summed E-state index contributed by atoms with van der Waals surface area (Å²) in [4.78, 5) is 0. The predicted molar refractivity (Wildman–Crippen MR) is 136 cm³/mol. The van der Waals surface area contributed by atoms with Gasteiger partial charge < -0.3 is 4.57 Å². The maximum Gasteiger partial charge on any atom is 0.0547 e. The van der Waals surface area contributed by atoms with Gasteiger partial charge in [0, 0.05) is 16.5 Å². The van der Waals surface area contributed by atoms with Gasteiger partial charge in [0.25, 0.3) is 0 Å². The van der Waals surface area contributed by atoms with Gasteiger partial charge in [-0.15, -0.1) is 0 Å². The van der Waals surface area contributed by atoms with Crippen LogP contribution in [0.15, 0.2) is 121 Å². The number of benzene rings is 5. The van der Waals surface area contributed by atoms with E-state index in [1.165, 1.54) is 55.3 Å². The highest BCUT2D eigenvalue weighted by molar-refractivity contribution is 6.10. The molecular formula is C31H23N. The topological polar surface area (TPSA) is 4.93 Å².